The highest BCUT2D eigenvalue weighted by molar-refractivity contribution is 5.95. The third kappa shape index (κ3) is 4.96. The molecule has 2 aromatic heterocycles. The average Bonchev–Trinajstić information content (AvgIpc) is 3.28. The van der Waals surface area contributed by atoms with E-state index in [4.69, 9.17) is 4.98 Å². The summed E-state index contributed by atoms with van der Waals surface area (Å²) in [5, 5.41) is 4.84. The predicted octanol–water partition coefficient (Wildman–Crippen LogP) is 9.87. The number of aromatic nitrogens is 2. The van der Waals surface area contributed by atoms with Gasteiger partial charge in [0.2, 0.25) is 0 Å². The number of allylic oxidation sites excluding steroid dienone is 4. The number of benzene rings is 3. The Bertz CT molecular complexity index is 1860. The van der Waals surface area contributed by atoms with Crippen molar-refractivity contribution in [2.45, 2.75) is 39.0 Å². The van der Waals surface area contributed by atoms with E-state index in [1.807, 2.05) is 12.3 Å². The van der Waals surface area contributed by atoms with Gasteiger partial charge in [0.15, 0.2) is 0 Å². The minimum absolute atomic E-state index is 0.290. The highest BCUT2D eigenvalue weighted by Crippen LogP contribution is 2.34. The number of anilines is 1. The van der Waals surface area contributed by atoms with Crippen molar-refractivity contribution >= 4 is 28.2 Å². The number of rotatable bonds is 5. The van der Waals surface area contributed by atoms with Crippen LogP contribution in [0, 0.1) is 0 Å². The Morgan fingerprint density at radius 3 is 2.45 bits per heavy atom. The second-order valence-corrected chi connectivity index (χ2v) is 11.3. The lowest BCUT2D eigenvalue weighted by molar-refractivity contribution is 0.897. The van der Waals surface area contributed by atoms with Crippen LogP contribution >= 0.6 is 0 Å². The molecule has 1 N–H and O–H groups in total. The molecule has 0 saturated heterocycles. The summed E-state index contributed by atoms with van der Waals surface area (Å²) in [5.41, 5.74) is 14.5. The minimum atomic E-state index is 0.290. The number of nitrogens with one attached hydrogen (secondary N) is 1. The third-order valence-corrected chi connectivity index (χ3v) is 8.70. The topological polar surface area (TPSA) is 37.8 Å². The summed E-state index contributed by atoms with van der Waals surface area (Å²) in [6.45, 7) is 5.24. The van der Waals surface area contributed by atoms with Crippen LogP contribution in [0.15, 0.2) is 115 Å². The second-order valence-electron chi connectivity index (χ2n) is 11.3. The first-order chi connectivity index (χ1) is 20.7. The molecule has 1 aliphatic carbocycles. The van der Waals surface area contributed by atoms with E-state index in [2.05, 4.69) is 127 Å². The fourth-order valence-electron chi connectivity index (χ4n) is 6.22. The smallest absolute Gasteiger partial charge is 0.0939 e. The van der Waals surface area contributed by atoms with E-state index >= 15 is 0 Å². The quantitative estimate of drug-likeness (QED) is 0.239. The van der Waals surface area contributed by atoms with Gasteiger partial charge < -0.3 is 5.32 Å². The van der Waals surface area contributed by atoms with Gasteiger partial charge in [-0.1, -0.05) is 104 Å². The van der Waals surface area contributed by atoms with Crippen LogP contribution in [0.4, 0.5) is 5.69 Å². The van der Waals surface area contributed by atoms with Crippen molar-refractivity contribution in [3.63, 3.8) is 0 Å². The molecule has 7 rings (SSSR count). The van der Waals surface area contributed by atoms with E-state index in [1.54, 1.807) is 0 Å². The lowest BCUT2D eigenvalue weighted by atomic mass is 9.89. The predicted molar refractivity (Wildman–Crippen MR) is 177 cm³/mol. The van der Waals surface area contributed by atoms with Crippen LogP contribution in [0.25, 0.3) is 44.9 Å². The van der Waals surface area contributed by atoms with E-state index in [0.29, 0.717) is 0 Å². The summed E-state index contributed by atoms with van der Waals surface area (Å²) in [6, 6.07) is 30.7. The molecule has 0 bridgehead atoms. The van der Waals surface area contributed by atoms with Crippen LogP contribution in [0.3, 0.4) is 0 Å². The Hall–Kier alpha value is -4.76. The number of pyridine rings is 2. The van der Waals surface area contributed by atoms with Crippen LogP contribution in [0.2, 0.25) is 0 Å². The zero-order valence-corrected chi connectivity index (χ0v) is 24.3. The number of hydrogen-bond donors (Lipinski definition) is 1. The van der Waals surface area contributed by atoms with Crippen LogP contribution < -0.4 is 5.32 Å². The van der Waals surface area contributed by atoms with Crippen LogP contribution in [0.5, 0.6) is 0 Å². The van der Waals surface area contributed by atoms with Crippen molar-refractivity contribution in [1.82, 2.24) is 9.97 Å². The first-order valence-electron chi connectivity index (χ1n) is 15.0. The summed E-state index contributed by atoms with van der Waals surface area (Å²) >= 11 is 0. The monoisotopic (exact) mass is 545 g/mol. The molecule has 5 aromatic rings. The molecule has 42 heavy (non-hydrogen) atoms. The van der Waals surface area contributed by atoms with Gasteiger partial charge in [0.1, 0.15) is 0 Å². The molecule has 0 amide bonds. The number of aryl methyl sites for hydroxylation is 1. The Balaban J connectivity index is 1.08. The lowest BCUT2D eigenvalue weighted by Gasteiger charge is -2.19. The Kier molecular flexibility index (Phi) is 7.01. The van der Waals surface area contributed by atoms with Gasteiger partial charge in [-0.25, -0.2) is 4.98 Å². The SMILES string of the molecule is CC/C=C\C1=C(C)c2nc(-c3ccc(-c4ccc(C5C=Cc6ccc7cccnc7c6NC5)cc4)cc3)ccc2CC1. The molecule has 0 spiro atoms. The first-order valence-corrected chi connectivity index (χ1v) is 15.0. The number of hydrogen-bond acceptors (Lipinski definition) is 3. The van der Waals surface area contributed by atoms with Crippen molar-refractivity contribution in [2.24, 2.45) is 0 Å². The van der Waals surface area contributed by atoms with Gasteiger partial charge in [-0.15, -0.1) is 0 Å². The molecule has 0 fully saturated rings. The van der Waals surface area contributed by atoms with Gasteiger partial charge in [0, 0.05) is 29.6 Å². The molecule has 3 heteroatoms. The van der Waals surface area contributed by atoms with Gasteiger partial charge in [-0.05, 0) is 77.3 Å². The maximum absolute atomic E-state index is 5.12. The van der Waals surface area contributed by atoms with Gasteiger partial charge in [-0.2, -0.15) is 0 Å². The van der Waals surface area contributed by atoms with E-state index in [0.717, 1.165) is 59.3 Å². The van der Waals surface area contributed by atoms with Crippen molar-refractivity contribution in [2.75, 3.05) is 11.9 Å². The Labute approximate surface area is 248 Å². The third-order valence-electron chi connectivity index (χ3n) is 8.70. The highest BCUT2D eigenvalue weighted by atomic mass is 14.9. The van der Waals surface area contributed by atoms with Crippen molar-refractivity contribution in [3.8, 4) is 22.4 Å². The second kappa shape index (κ2) is 11.3. The first kappa shape index (κ1) is 26.2. The van der Waals surface area contributed by atoms with Crippen LogP contribution in [-0.4, -0.2) is 16.5 Å². The summed E-state index contributed by atoms with van der Waals surface area (Å²) in [4.78, 5) is 9.75. The molecule has 3 heterocycles. The van der Waals surface area contributed by atoms with Crippen LogP contribution in [-0.2, 0) is 6.42 Å². The van der Waals surface area contributed by atoms with E-state index < -0.39 is 0 Å². The maximum atomic E-state index is 5.12. The van der Waals surface area contributed by atoms with Crippen molar-refractivity contribution in [1.29, 1.82) is 0 Å². The van der Waals surface area contributed by atoms with Crippen LogP contribution in [0.1, 0.15) is 55.0 Å². The summed E-state index contributed by atoms with van der Waals surface area (Å²) in [5.74, 6) is 0.290. The molecule has 1 aliphatic heterocycles. The normalized spacial score (nSPS) is 16.3. The highest BCUT2D eigenvalue weighted by Gasteiger charge is 2.18. The lowest BCUT2D eigenvalue weighted by Crippen LogP contribution is -2.10. The average molecular weight is 546 g/mol. The van der Waals surface area contributed by atoms with Crippen molar-refractivity contribution in [3.05, 3.63) is 137 Å². The van der Waals surface area contributed by atoms with Gasteiger partial charge in [0.05, 0.1) is 22.6 Å². The molecule has 3 aromatic carbocycles. The Morgan fingerprint density at radius 1 is 0.857 bits per heavy atom. The molecule has 1 atom stereocenters. The molecule has 0 saturated carbocycles. The summed E-state index contributed by atoms with van der Waals surface area (Å²) < 4.78 is 0. The Morgan fingerprint density at radius 2 is 1.64 bits per heavy atom. The van der Waals surface area contributed by atoms with E-state index in [-0.39, 0.29) is 5.92 Å². The van der Waals surface area contributed by atoms with E-state index in [1.165, 1.54) is 39.0 Å². The number of nitrogens with zero attached hydrogens (tertiary/aromatic N) is 2. The molecule has 1 unspecified atom stereocenters. The molecule has 3 nitrogen and oxygen atoms in total. The summed E-state index contributed by atoms with van der Waals surface area (Å²) in [6.07, 6.45) is 14.2. The zero-order valence-electron chi connectivity index (χ0n) is 24.3. The maximum Gasteiger partial charge on any atom is 0.0939 e. The molecule has 206 valence electrons. The van der Waals surface area contributed by atoms with E-state index in [9.17, 15) is 0 Å². The fraction of sp³-hybridized carbons (Fsp3) is 0.179. The minimum Gasteiger partial charge on any atom is -0.382 e. The molecular formula is C39H35N3. The molecule has 0 radical (unpaired) electrons. The summed E-state index contributed by atoms with van der Waals surface area (Å²) in [7, 11) is 0. The zero-order chi connectivity index (χ0) is 28.5. The van der Waals surface area contributed by atoms with Gasteiger partial charge in [-0.3, -0.25) is 4.98 Å². The van der Waals surface area contributed by atoms with Gasteiger partial charge >= 0.3 is 0 Å². The van der Waals surface area contributed by atoms with Gasteiger partial charge in [0.25, 0.3) is 0 Å². The fourth-order valence-corrected chi connectivity index (χ4v) is 6.22. The van der Waals surface area contributed by atoms with Crippen molar-refractivity contribution < 1.29 is 0 Å². The largest absolute Gasteiger partial charge is 0.382 e. The number of fused-ring (bicyclic) bond motifs is 4. The molecular weight excluding hydrogens is 510 g/mol. The standard InChI is InChI=1S/C39H35N3/c1-3-4-6-27-8-17-33-22-23-36(42-37(33)26(27)2)31-15-13-29(14-16-31)28-9-11-30(12-10-28)35-21-20-34-19-18-32-7-5-24-40-38(32)39(34)41-25-35/h4-7,9-16,18-24,35,41H,3,8,17,25H2,1-2H3/b6-4-. The molecule has 2 aliphatic rings.